The quantitative estimate of drug-likeness (QED) is 0.803. The van der Waals surface area contributed by atoms with Crippen LogP contribution in [0.3, 0.4) is 0 Å². The first-order valence-corrected chi connectivity index (χ1v) is 6.74. The lowest BCUT2D eigenvalue weighted by Gasteiger charge is -1.99. The molecule has 0 saturated heterocycles. The topological polar surface area (TPSA) is 64.1 Å². The maximum atomic E-state index is 12.0. The largest absolute Gasteiger partial charge is 0.497 e. The van der Waals surface area contributed by atoms with Gasteiger partial charge in [0.25, 0.3) is 5.91 Å². The van der Waals surface area contributed by atoms with E-state index >= 15 is 0 Å². The van der Waals surface area contributed by atoms with E-state index in [9.17, 15) is 4.79 Å². The minimum atomic E-state index is -0.218. The van der Waals surface area contributed by atoms with Gasteiger partial charge in [-0.15, -0.1) is 12.4 Å². The van der Waals surface area contributed by atoms with Crippen molar-refractivity contribution in [3.05, 3.63) is 48.3 Å². The lowest BCUT2D eigenvalue weighted by atomic mass is 10.3. The lowest BCUT2D eigenvalue weighted by Crippen LogP contribution is -2.11. The van der Waals surface area contributed by atoms with E-state index in [0.717, 1.165) is 16.0 Å². The molecule has 7 heteroatoms. The molecule has 0 saturated carbocycles. The molecule has 2 heterocycles. The van der Waals surface area contributed by atoms with E-state index in [4.69, 9.17) is 4.74 Å². The van der Waals surface area contributed by atoms with Gasteiger partial charge in [-0.3, -0.25) is 15.1 Å². The summed E-state index contributed by atoms with van der Waals surface area (Å²) in [6.07, 6.45) is 3.15. The highest BCUT2D eigenvalue weighted by Gasteiger charge is 2.10. The molecule has 0 radical (unpaired) electrons. The zero-order valence-corrected chi connectivity index (χ0v) is 12.7. The molecule has 0 aliphatic carbocycles. The molecule has 0 atom stereocenters. The number of aromatic nitrogens is 2. The summed E-state index contributed by atoms with van der Waals surface area (Å²) in [4.78, 5) is 20.3. The van der Waals surface area contributed by atoms with E-state index in [0.29, 0.717) is 10.7 Å². The average Bonchev–Trinajstić information content (AvgIpc) is 2.89. The molecule has 1 amide bonds. The highest BCUT2D eigenvalue weighted by molar-refractivity contribution is 7.22. The number of hydrogen-bond donors (Lipinski definition) is 1. The van der Waals surface area contributed by atoms with E-state index in [2.05, 4.69) is 15.3 Å². The molecule has 3 aromatic rings. The van der Waals surface area contributed by atoms with Gasteiger partial charge in [0.1, 0.15) is 5.75 Å². The van der Waals surface area contributed by atoms with Gasteiger partial charge in [0.2, 0.25) is 0 Å². The summed E-state index contributed by atoms with van der Waals surface area (Å²) in [6, 6.07) is 9.03. The van der Waals surface area contributed by atoms with Crippen LogP contribution in [0.15, 0.2) is 42.7 Å². The molecule has 21 heavy (non-hydrogen) atoms. The second-order valence-electron chi connectivity index (χ2n) is 4.05. The standard InChI is InChI=1S/C14H11N3O2S.ClH/c1-19-10-4-5-11-12(7-10)20-14(16-11)17-13(18)9-3-2-6-15-8-9;/h2-8H,1H3,(H,16,17,18);1H. The first-order valence-electron chi connectivity index (χ1n) is 5.92. The molecule has 0 fully saturated rings. The molecular weight excluding hydrogens is 310 g/mol. The summed E-state index contributed by atoms with van der Waals surface area (Å²) < 4.78 is 6.13. The number of carbonyl (C=O) groups excluding carboxylic acids is 1. The Morgan fingerprint density at radius 3 is 2.90 bits per heavy atom. The highest BCUT2D eigenvalue weighted by Crippen LogP contribution is 2.29. The van der Waals surface area contributed by atoms with Crippen molar-refractivity contribution >= 4 is 45.0 Å². The van der Waals surface area contributed by atoms with Crippen molar-refractivity contribution in [1.29, 1.82) is 0 Å². The van der Waals surface area contributed by atoms with Gasteiger partial charge < -0.3 is 4.74 Å². The molecule has 1 aromatic carbocycles. The van der Waals surface area contributed by atoms with Crippen LogP contribution in [-0.4, -0.2) is 23.0 Å². The predicted molar refractivity (Wildman–Crippen MR) is 85.6 cm³/mol. The van der Waals surface area contributed by atoms with Crippen LogP contribution in [0.25, 0.3) is 10.2 Å². The predicted octanol–water partition coefficient (Wildman–Crippen LogP) is 3.37. The van der Waals surface area contributed by atoms with Crippen LogP contribution in [-0.2, 0) is 0 Å². The number of thiazole rings is 1. The lowest BCUT2D eigenvalue weighted by molar-refractivity contribution is 0.102. The number of fused-ring (bicyclic) bond motifs is 1. The van der Waals surface area contributed by atoms with Gasteiger partial charge in [0.15, 0.2) is 5.13 Å². The van der Waals surface area contributed by atoms with E-state index < -0.39 is 0 Å². The number of benzene rings is 1. The van der Waals surface area contributed by atoms with Crippen molar-refractivity contribution in [3.8, 4) is 5.75 Å². The monoisotopic (exact) mass is 321 g/mol. The van der Waals surface area contributed by atoms with Gasteiger partial charge in [0.05, 0.1) is 22.9 Å². The third kappa shape index (κ3) is 3.29. The molecule has 3 rings (SSSR count). The van der Waals surface area contributed by atoms with Gasteiger partial charge in [-0.2, -0.15) is 0 Å². The minimum absolute atomic E-state index is 0. The van der Waals surface area contributed by atoms with Crippen molar-refractivity contribution in [2.75, 3.05) is 12.4 Å². The van der Waals surface area contributed by atoms with Gasteiger partial charge in [-0.1, -0.05) is 11.3 Å². The number of carbonyl (C=O) groups is 1. The first-order chi connectivity index (χ1) is 9.76. The normalized spacial score (nSPS) is 9.95. The van der Waals surface area contributed by atoms with E-state index in [1.54, 1.807) is 25.4 Å². The molecular formula is C14H12ClN3O2S. The Morgan fingerprint density at radius 1 is 1.33 bits per heavy atom. The Hall–Kier alpha value is -2.18. The molecule has 0 aliphatic rings. The summed E-state index contributed by atoms with van der Waals surface area (Å²) in [6.45, 7) is 0. The zero-order valence-electron chi connectivity index (χ0n) is 11.1. The number of hydrogen-bond acceptors (Lipinski definition) is 5. The van der Waals surface area contributed by atoms with Crippen LogP contribution in [0, 0.1) is 0 Å². The molecule has 108 valence electrons. The number of amides is 1. The molecule has 2 aromatic heterocycles. The van der Waals surface area contributed by atoms with Gasteiger partial charge in [-0.25, -0.2) is 4.98 Å². The van der Waals surface area contributed by atoms with E-state index in [1.165, 1.54) is 17.5 Å². The second kappa shape index (κ2) is 6.51. The van der Waals surface area contributed by atoms with E-state index in [-0.39, 0.29) is 18.3 Å². The van der Waals surface area contributed by atoms with Gasteiger partial charge >= 0.3 is 0 Å². The Bertz CT molecular complexity index is 761. The Balaban J connectivity index is 0.00000161. The smallest absolute Gasteiger partial charge is 0.259 e. The summed E-state index contributed by atoms with van der Waals surface area (Å²) in [5.41, 5.74) is 1.33. The third-order valence-corrected chi connectivity index (χ3v) is 3.67. The average molecular weight is 322 g/mol. The van der Waals surface area contributed by atoms with Crippen molar-refractivity contribution in [2.45, 2.75) is 0 Å². The Morgan fingerprint density at radius 2 is 2.19 bits per heavy atom. The first kappa shape index (κ1) is 15.2. The Kier molecular flexibility index (Phi) is 4.72. The third-order valence-electron chi connectivity index (χ3n) is 2.74. The van der Waals surface area contributed by atoms with Crippen molar-refractivity contribution in [3.63, 3.8) is 0 Å². The highest BCUT2D eigenvalue weighted by atomic mass is 35.5. The van der Waals surface area contributed by atoms with Crippen molar-refractivity contribution in [2.24, 2.45) is 0 Å². The molecule has 0 spiro atoms. The van der Waals surface area contributed by atoms with Crippen LogP contribution in [0.2, 0.25) is 0 Å². The summed E-state index contributed by atoms with van der Waals surface area (Å²) in [7, 11) is 1.62. The number of ether oxygens (including phenoxy) is 1. The summed E-state index contributed by atoms with van der Waals surface area (Å²) >= 11 is 1.41. The van der Waals surface area contributed by atoms with Crippen LogP contribution in [0.4, 0.5) is 5.13 Å². The number of pyridine rings is 1. The number of halogens is 1. The van der Waals surface area contributed by atoms with Gasteiger partial charge in [-0.05, 0) is 30.3 Å². The van der Waals surface area contributed by atoms with Crippen LogP contribution < -0.4 is 10.1 Å². The van der Waals surface area contributed by atoms with Crippen LogP contribution in [0.1, 0.15) is 10.4 Å². The number of anilines is 1. The molecule has 1 N–H and O–H groups in total. The minimum Gasteiger partial charge on any atom is -0.497 e. The number of nitrogens with zero attached hydrogens (tertiary/aromatic N) is 2. The number of methoxy groups -OCH3 is 1. The maximum Gasteiger partial charge on any atom is 0.259 e. The fourth-order valence-corrected chi connectivity index (χ4v) is 2.64. The molecule has 0 aliphatic heterocycles. The van der Waals surface area contributed by atoms with Crippen molar-refractivity contribution in [1.82, 2.24) is 9.97 Å². The van der Waals surface area contributed by atoms with Crippen LogP contribution in [0.5, 0.6) is 5.75 Å². The van der Waals surface area contributed by atoms with Crippen LogP contribution >= 0.6 is 23.7 Å². The molecule has 0 bridgehead atoms. The second-order valence-corrected chi connectivity index (χ2v) is 5.08. The maximum absolute atomic E-state index is 12.0. The summed E-state index contributed by atoms with van der Waals surface area (Å²) in [5.74, 6) is 0.551. The zero-order chi connectivity index (χ0) is 13.9. The van der Waals surface area contributed by atoms with Gasteiger partial charge in [0, 0.05) is 12.4 Å². The number of nitrogens with one attached hydrogen (secondary N) is 1. The molecule has 5 nitrogen and oxygen atoms in total. The van der Waals surface area contributed by atoms with Crippen molar-refractivity contribution < 1.29 is 9.53 Å². The SMILES string of the molecule is COc1ccc2nc(NC(=O)c3cccnc3)sc2c1.Cl. The summed E-state index contributed by atoms with van der Waals surface area (Å²) in [5, 5.41) is 3.33. The number of rotatable bonds is 3. The van der Waals surface area contributed by atoms with E-state index in [1.807, 2.05) is 18.2 Å². The fourth-order valence-electron chi connectivity index (χ4n) is 1.75. The Labute approximate surface area is 131 Å². The molecule has 0 unspecified atom stereocenters. The fraction of sp³-hybridized carbons (Fsp3) is 0.0714.